The third-order valence-electron chi connectivity index (χ3n) is 2.72. The van der Waals surface area contributed by atoms with E-state index >= 15 is 0 Å². The van der Waals surface area contributed by atoms with E-state index in [1.165, 1.54) is 18.4 Å². The molecule has 4 heteroatoms. The van der Waals surface area contributed by atoms with E-state index in [0.717, 1.165) is 11.1 Å². The van der Waals surface area contributed by atoms with E-state index in [4.69, 9.17) is 4.42 Å². The van der Waals surface area contributed by atoms with Gasteiger partial charge in [-0.3, -0.25) is 0 Å². The number of benzene rings is 1. The summed E-state index contributed by atoms with van der Waals surface area (Å²) in [5.41, 5.74) is 2.46. The van der Waals surface area contributed by atoms with Gasteiger partial charge in [-0.1, -0.05) is 6.07 Å². The summed E-state index contributed by atoms with van der Waals surface area (Å²) in [4.78, 5) is 0. The Morgan fingerprint density at radius 2 is 2.18 bits per heavy atom. The second-order valence-corrected chi connectivity index (χ2v) is 4.66. The van der Waals surface area contributed by atoms with E-state index in [1.807, 2.05) is 6.92 Å². The minimum atomic E-state index is -0.660. The van der Waals surface area contributed by atoms with Gasteiger partial charge in [0.2, 0.25) is 0 Å². The minimum Gasteiger partial charge on any atom is -0.457 e. The first kappa shape index (κ1) is 12.3. The number of aliphatic hydroxyl groups excluding tert-OH is 1. The lowest BCUT2D eigenvalue weighted by molar-refractivity contribution is 0.176. The zero-order valence-corrected chi connectivity index (χ0v) is 10.9. The quantitative estimate of drug-likeness (QED) is 0.936. The summed E-state index contributed by atoms with van der Waals surface area (Å²) in [6.45, 7) is 1.83. The largest absolute Gasteiger partial charge is 0.457 e. The monoisotopic (exact) mass is 298 g/mol. The zero-order valence-electron chi connectivity index (χ0n) is 9.28. The Kier molecular flexibility index (Phi) is 3.64. The van der Waals surface area contributed by atoms with Crippen LogP contribution in [0.25, 0.3) is 0 Å². The molecule has 0 bridgehead atoms. The van der Waals surface area contributed by atoms with Crippen LogP contribution in [0, 0.1) is 12.7 Å². The van der Waals surface area contributed by atoms with Gasteiger partial charge in [0.1, 0.15) is 5.82 Å². The highest BCUT2D eigenvalue weighted by Crippen LogP contribution is 2.27. The third-order valence-corrected chi connectivity index (χ3v) is 3.37. The van der Waals surface area contributed by atoms with Crippen molar-refractivity contribution in [3.63, 3.8) is 0 Å². The molecular formula is C13H12BrFO2. The standard InChI is InChI=1S/C13H12BrFO2/c1-8-6-10(15)3-2-9(8)7-12(16)11-4-5-17-13(11)14/h2-6,12,16H,7H2,1H3. The van der Waals surface area contributed by atoms with Gasteiger partial charge in [0, 0.05) is 12.0 Å². The highest BCUT2D eigenvalue weighted by atomic mass is 79.9. The first-order valence-corrected chi connectivity index (χ1v) is 6.03. The number of furan rings is 1. The van der Waals surface area contributed by atoms with Crippen molar-refractivity contribution in [3.8, 4) is 0 Å². The Balaban J connectivity index is 2.19. The first-order chi connectivity index (χ1) is 8.08. The summed E-state index contributed by atoms with van der Waals surface area (Å²) in [6, 6.07) is 6.28. The molecule has 0 aliphatic carbocycles. The molecule has 1 N–H and O–H groups in total. The molecule has 17 heavy (non-hydrogen) atoms. The minimum absolute atomic E-state index is 0.259. The predicted octanol–water partition coefficient (Wildman–Crippen LogP) is 3.77. The second-order valence-electron chi connectivity index (χ2n) is 3.94. The van der Waals surface area contributed by atoms with E-state index in [2.05, 4.69) is 15.9 Å². The molecule has 0 aliphatic rings. The molecule has 0 radical (unpaired) electrons. The molecule has 1 unspecified atom stereocenters. The molecule has 0 spiro atoms. The van der Waals surface area contributed by atoms with E-state index < -0.39 is 6.10 Å². The Bertz CT molecular complexity index is 522. The molecule has 1 aromatic heterocycles. The van der Waals surface area contributed by atoms with Crippen LogP contribution in [-0.4, -0.2) is 5.11 Å². The van der Waals surface area contributed by atoms with Crippen LogP contribution >= 0.6 is 15.9 Å². The van der Waals surface area contributed by atoms with Crippen molar-refractivity contribution in [1.29, 1.82) is 0 Å². The first-order valence-electron chi connectivity index (χ1n) is 5.24. The lowest BCUT2D eigenvalue weighted by Gasteiger charge is -2.11. The lowest BCUT2D eigenvalue weighted by Crippen LogP contribution is -2.03. The molecule has 0 fully saturated rings. The normalized spacial score (nSPS) is 12.7. The summed E-state index contributed by atoms with van der Waals surface area (Å²) < 4.78 is 18.5. The average Bonchev–Trinajstić information content (AvgIpc) is 2.68. The van der Waals surface area contributed by atoms with Crippen molar-refractivity contribution in [1.82, 2.24) is 0 Å². The van der Waals surface area contributed by atoms with E-state index in [0.29, 0.717) is 16.7 Å². The van der Waals surface area contributed by atoms with Crippen molar-refractivity contribution in [3.05, 3.63) is 57.7 Å². The fourth-order valence-corrected chi connectivity index (χ4v) is 2.25. The summed E-state index contributed by atoms with van der Waals surface area (Å²) in [7, 11) is 0. The van der Waals surface area contributed by atoms with Crippen LogP contribution < -0.4 is 0 Å². The summed E-state index contributed by atoms with van der Waals surface area (Å²) >= 11 is 3.22. The van der Waals surface area contributed by atoms with E-state index in [1.54, 1.807) is 12.1 Å². The number of aliphatic hydroxyl groups is 1. The second kappa shape index (κ2) is 5.02. The fourth-order valence-electron chi connectivity index (χ4n) is 1.75. The molecule has 0 aliphatic heterocycles. The average molecular weight is 299 g/mol. The Labute approximate surface area is 107 Å². The van der Waals surface area contributed by atoms with Gasteiger partial charge >= 0.3 is 0 Å². The molecule has 90 valence electrons. The number of hydrogen-bond acceptors (Lipinski definition) is 2. The van der Waals surface area contributed by atoms with Crippen LogP contribution in [0.2, 0.25) is 0 Å². The van der Waals surface area contributed by atoms with Crippen molar-refractivity contribution in [2.45, 2.75) is 19.4 Å². The van der Waals surface area contributed by atoms with Crippen LogP contribution in [0.4, 0.5) is 4.39 Å². The van der Waals surface area contributed by atoms with Crippen LogP contribution in [0.5, 0.6) is 0 Å². The molecule has 0 saturated carbocycles. The highest BCUT2D eigenvalue weighted by molar-refractivity contribution is 9.10. The Morgan fingerprint density at radius 1 is 1.41 bits per heavy atom. The highest BCUT2D eigenvalue weighted by Gasteiger charge is 2.15. The molecule has 0 saturated heterocycles. The smallest absolute Gasteiger partial charge is 0.174 e. The topological polar surface area (TPSA) is 33.4 Å². The van der Waals surface area contributed by atoms with Crippen LogP contribution in [-0.2, 0) is 6.42 Å². The van der Waals surface area contributed by atoms with Gasteiger partial charge in [0.25, 0.3) is 0 Å². The summed E-state index contributed by atoms with van der Waals surface area (Å²) in [5, 5.41) is 10.1. The fraction of sp³-hybridized carbons (Fsp3) is 0.231. The van der Waals surface area contributed by atoms with Crippen molar-refractivity contribution < 1.29 is 13.9 Å². The van der Waals surface area contributed by atoms with Gasteiger partial charge < -0.3 is 9.52 Å². The van der Waals surface area contributed by atoms with Crippen LogP contribution in [0.1, 0.15) is 22.8 Å². The number of hydrogen-bond donors (Lipinski definition) is 1. The maximum atomic E-state index is 12.9. The zero-order chi connectivity index (χ0) is 12.4. The molecule has 2 aromatic rings. The van der Waals surface area contributed by atoms with Gasteiger partial charge in [-0.05, 0) is 52.2 Å². The number of halogens is 2. The Morgan fingerprint density at radius 3 is 2.76 bits per heavy atom. The molecule has 0 amide bonds. The molecule has 1 aromatic carbocycles. The van der Waals surface area contributed by atoms with Crippen molar-refractivity contribution in [2.75, 3.05) is 0 Å². The molecule has 2 rings (SSSR count). The van der Waals surface area contributed by atoms with E-state index in [-0.39, 0.29) is 5.82 Å². The van der Waals surface area contributed by atoms with Gasteiger partial charge in [-0.15, -0.1) is 0 Å². The number of aryl methyl sites for hydroxylation is 1. The number of rotatable bonds is 3. The molecule has 1 heterocycles. The van der Waals surface area contributed by atoms with Crippen molar-refractivity contribution >= 4 is 15.9 Å². The maximum Gasteiger partial charge on any atom is 0.174 e. The van der Waals surface area contributed by atoms with E-state index in [9.17, 15) is 9.50 Å². The maximum absolute atomic E-state index is 12.9. The third kappa shape index (κ3) is 2.76. The predicted molar refractivity (Wildman–Crippen MR) is 66.2 cm³/mol. The molecule has 1 atom stereocenters. The summed E-state index contributed by atoms with van der Waals surface area (Å²) in [5.74, 6) is -0.259. The van der Waals surface area contributed by atoms with Gasteiger partial charge in [0.15, 0.2) is 4.67 Å². The van der Waals surface area contributed by atoms with Gasteiger partial charge in [0.05, 0.1) is 12.4 Å². The van der Waals surface area contributed by atoms with Gasteiger partial charge in [-0.2, -0.15) is 0 Å². The van der Waals surface area contributed by atoms with Crippen LogP contribution in [0.15, 0.2) is 39.6 Å². The summed E-state index contributed by atoms with van der Waals surface area (Å²) in [6.07, 6.45) is 1.29. The van der Waals surface area contributed by atoms with Crippen molar-refractivity contribution in [2.24, 2.45) is 0 Å². The SMILES string of the molecule is Cc1cc(F)ccc1CC(O)c1ccoc1Br. The lowest BCUT2D eigenvalue weighted by atomic mass is 10.00. The molecular weight excluding hydrogens is 287 g/mol. The molecule has 2 nitrogen and oxygen atoms in total. The van der Waals surface area contributed by atoms with Gasteiger partial charge in [-0.25, -0.2) is 4.39 Å². The Hall–Kier alpha value is -1.13. The van der Waals surface area contributed by atoms with Crippen LogP contribution in [0.3, 0.4) is 0 Å².